The van der Waals surface area contributed by atoms with Gasteiger partial charge in [0.05, 0.1) is 6.42 Å². The first-order chi connectivity index (χ1) is 20.4. The van der Waals surface area contributed by atoms with Crippen LogP contribution in [0.4, 0.5) is 4.39 Å². The third kappa shape index (κ3) is 7.95. The number of alkyl halides is 1. The number of carbonyl (C=O) groups excluding carboxylic acids is 3. The van der Waals surface area contributed by atoms with E-state index >= 15 is 0 Å². The second-order valence-corrected chi connectivity index (χ2v) is 9.65. The number of hydrogen-bond acceptors (Lipinski definition) is 4. The van der Waals surface area contributed by atoms with Gasteiger partial charge in [0.1, 0.15) is 11.9 Å². The standard InChI is InChI=1S/C37H31FO4/c1-3-27-9-5-6-11-29(27)20-24-37(41)42-32-21-13-26(14-22-32)15-23-35(39)30-16-18-31(19-17-30)36(40)25-34(38)33-12-8-7-10-28(33)4-2/h3-19,21-23,34H,1-2,20,24-25H2/b23-15+. The number of halogens is 1. The molecule has 4 rings (SSSR count). The van der Waals surface area contributed by atoms with Crippen molar-refractivity contribution >= 4 is 35.8 Å². The molecule has 0 aliphatic heterocycles. The number of Topliss-reactive ketones (excluding diaryl/α,β-unsaturated/α-hetero) is 1. The van der Waals surface area contributed by atoms with Crippen molar-refractivity contribution in [2.45, 2.75) is 25.4 Å². The smallest absolute Gasteiger partial charge is 0.311 e. The molecule has 0 aromatic heterocycles. The molecule has 0 aliphatic carbocycles. The lowest BCUT2D eigenvalue weighted by Crippen LogP contribution is -2.09. The highest BCUT2D eigenvalue weighted by atomic mass is 19.1. The Bertz CT molecular complexity index is 1610. The van der Waals surface area contributed by atoms with Crippen LogP contribution in [0.15, 0.2) is 116 Å². The molecule has 0 fully saturated rings. The second kappa shape index (κ2) is 14.5. The summed E-state index contributed by atoms with van der Waals surface area (Å²) in [5.41, 5.74) is 4.61. The Balaban J connectivity index is 1.28. The van der Waals surface area contributed by atoms with Crippen molar-refractivity contribution in [3.63, 3.8) is 0 Å². The first-order valence-corrected chi connectivity index (χ1v) is 13.6. The number of aryl methyl sites for hydroxylation is 1. The van der Waals surface area contributed by atoms with E-state index < -0.39 is 6.17 Å². The number of esters is 1. The van der Waals surface area contributed by atoms with Crippen LogP contribution in [0.1, 0.15) is 67.5 Å². The summed E-state index contributed by atoms with van der Waals surface area (Å²) in [4.78, 5) is 37.6. The molecule has 0 radical (unpaired) electrons. The molecule has 0 N–H and O–H groups in total. The van der Waals surface area contributed by atoms with E-state index in [0.29, 0.717) is 34.4 Å². The van der Waals surface area contributed by atoms with Crippen molar-refractivity contribution in [1.82, 2.24) is 0 Å². The van der Waals surface area contributed by atoms with E-state index in [9.17, 15) is 18.8 Å². The van der Waals surface area contributed by atoms with Crippen LogP contribution in [0.5, 0.6) is 5.75 Å². The maximum absolute atomic E-state index is 14.8. The third-order valence-corrected chi connectivity index (χ3v) is 6.82. The fraction of sp³-hybridized carbons (Fsp3) is 0.108. The summed E-state index contributed by atoms with van der Waals surface area (Å²) < 4.78 is 20.3. The highest BCUT2D eigenvalue weighted by Crippen LogP contribution is 2.27. The van der Waals surface area contributed by atoms with Crippen molar-refractivity contribution in [2.75, 3.05) is 0 Å². The molecule has 0 saturated heterocycles. The highest BCUT2D eigenvalue weighted by Gasteiger charge is 2.18. The van der Waals surface area contributed by atoms with Gasteiger partial charge in [0.2, 0.25) is 0 Å². The molecule has 0 spiro atoms. The van der Waals surface area contributed by atoms with Crippen molar-refractivity contribution in [3.8, 4) is 5.75 Å². The summed E-state index contributed by atoms with van der Waals surface area (Å²) in [7, 11) is 0. The number of ether oxygens (including phenoxy) is 1. The zero-order chi connectivity index (χ0) is 29.9. The highest BCUT2D eigenvalue weighted by molar-refractivity contribution is 6.07. The van der Waals surface area contributed by atoms with Gasteiger partial charge in [-0.2, -0.15) is 0 Å². The Kier molecular flexibility index (Phi) is 10.3. The average Bonchev–Trinajstić information content (AvgIpc) is 3.03. The lowest BCUT2D eigenvalue weighted by molar-refractivity contribution is -0.134. The van der Waals surface area contributed by atoms with E-state index in [2.05, 4.69) is 13.2 Å². The van der Waals surface area contributed by atoms with Gasteiger partial charge in [0.15, 0.2) is 11.6 Å². The van der Waals surface area contributed by atoms with Crippen LogP contribution >= 0.6 is 0 Å². The van der Waals surface area contributed by atoms with Gasteiger partial charge in [-0.05, 0) is 52.4 Å². The molecule has 0 heterocycles. The summed E-state index contributed by atoms with van der Waals surface area (Å²) in [6, 6.07) is 27.7. The van der Waals surface area contributed by atoms with Crippen LogP contribution in [0.3, 0.4) is 0 Å². The molecule has 4 aromatic rings. The van der Waals surface area contributed by atoms with Crippen molar-refractivity contribution in [1.29, 1.82) is 0 Å². The van der Waals surface area contributed by atoms with Crippen LogP contribution < -0.4 is 4.74 Å². The van der Waals surface area contributed by atoms with E-state index in [0.717, 1.165) is 16.7 Å². The Morgan fingerprint density at radius 2 is 1.38 bits per heavy atom. The van der Waals surface area contributed by atoms with Gasteiger partial charge in [-0.1, -0.05) is 116 Å². The fourth-order valence-electron chi connectivity index (χ4n) is 4.49. The van der Waals surface area contributed by atoms with E-state index in [1.54, 1.807) is 78.9 Å². The number of hydrogen-bond donors (Lipinski definition) is 0. The molecule has 4 nitrogen and oxygen atoms in total. The second-order valence-electron chi connectivity index (χ2n) is 9.65. The minimum absolute atomic E-state index is 0.239. The zero-order valence-corrected chi connectivity index (χ0v) is 23.2. The summed E-state index contributed by atoms with van der Waals surface area (Å²) in [5, 5.41) is 0. The molecule has 1 atom stereocenters. The van der Waals surface area contributed by atoms with Crippen LogP contribution in [0, 0.1) is 0 Å². The fourth-order valence-corrected chi connectivity index (χ4v) is 4.49. The third-order valence-electron chi connectivity index (χ3n) is 6.82. The van der Waals surface area contributed by atoms with Gasteiger partial charge in [-0.3, -0.25) is 14.4 Å². The first kappa shape index (κ1) is 29.8. The molecule has 0 saturated carbocycles. The number of benzene rings is 4. The Hall–Kier alpha value is -5.16. The van der Waals surface area contributed by atoms with Crippen molar-refractivity contribution in [3.05, 3.63) is 155 Å². The Labute approximate surface area is 245 Å². The van der Waals surface area contributed by atoms with E-state index in [4.69, 9.17) is 4.74 Å². The largest absolute Gasteiger partial charge is 0.427 e. The van der Waals surface area contributed by atoms with Crippen LogP contribution in [0.25, 0.3) is 18.2 Å². The first-order valence-electron chi connectivity index (χ1n) is 13.6. The van der Waals surface area contributed by atoms with Crippen molar-refractivity contribution in [2.24, 2.45) is 0 Å². The lowest BCUT2D eigenvalue weighted by Gasteiger charge is -2.11. The summed E-state index contributed by atoms with van der Waals surface area (Å²) in [6.07, 6.45) is 5.46. The van der Waals surface area contributed by atoms with Gasteiger partial charge in [0.25, 0.3) is 0 Å². The van der Waals surface area contributed by atoms with Gasteiger partial charge in [-0.15, -0.1) is 0 Å². The molecule has 0 bridgehead atoms. The van der Waals surface area contributed by atoms with Gasteiger partial charge in [0, 0.05) is 17.5 Å². The van der Waals surface area contributed by atoms with E-state index in [1.807, 2.05) is 24.3 Å². The van der Waals surface area contributed by atoms with Crippen LogP contribution in [-0.2, 0) is 11.2 Å². The molecule has 1 unspecified atom stereocenters. The van der Waals surface area contributed by atoms with Crippen LogP contribution in [-0.4, -0.2) is 17.5 Å². The number of ketones is 2. The van der Waals surface area contributed by atoms with E-state index in [1.165, 1.54) is 18.2 Å². The average molecular weight is 559 g/mol. The molecule has 5 heteroatoms. The predicted molar refractivity (Wildman–Crippen MR) is 166 cm³/mol. The van der Waals surface area contributed by atoms with Gasteiger partial charge < -0.3 is 4.74 Å². The minimum Gasteiger partial charge on any atom is -0.427 e. The zero-order valence-electron chi connectivity index (χ0n) is 23.2. The summed E-state index contributed by atoms with van der Waals surface area (Å²) in [6.45, 7) is 7.50. The Morgan fingerprint density at radius 1 is 0.762 bits per heavy atom. The summed E-state index contributed by atoms with van der Waals surface area (Å²) >= 11 is 0. The lowest BCUT2D eigenvalue weighted by atomic mass is 9.96. The maximum Gasteiger partial charge on any atom is 0.311 e. The number of rotatable bonds is 13. The summed E-state index contributed by atoms with van der Waals surface area (Å²) in [5.74, 6) is -0.507. The molecule has 42 heavy (non-hydrogen) atoms. The number of carbonyl (C=O) groups is 3. The SMILES string of the molecule is C=Cc1ccccc1CCC(=O)Oc1ccc(/C=C/C(=O)c2ccc(C(=O)CC(F)c3ccccc3C=C)cc2)cc1. The number of allylic oxidation sites excluding steroid dienone is 1. The maximum atomic E-state index is 14.8. The van der Waals surface area contributed by atoms with Gasteiger partial charge >= 0.3 is 5.97 Å². The molecule has 4 aromatic carbocycles. The van der Waals surface area contributed by atoms with Crippen LogP contribution in [0.2, 0.25) is 0 Å². The molecular weight excluding hydrogens is 527 g/mol. The van der Waals surface area contributed by atoms with Crippen molar-refractivity contribution < 1.29 is 23.5 Å². The Morgan fingerprint density at radius 3 is 2.07 bits per heavy atom. The minimum atomic E-state index is -1.45. The molecule has 0 amide bonds. The normalized spacial score (nSPS) is 11.5. The molecular formula is C37H31FO4. The van der Waals surface area contributed by atoms with Gasteiger partial charge in [-0.25, -0.2) is 4.39 Å². The predicted octanol–water partition coefficient (Wildman–Crippen LogP) is 8.69. The topological polar surface area (TPSA) is 60.4 Å². The molecule has 0 aliphatic rings. The molecule has 210 valence electrons. The van der Waals surface area contributed by atoms with E-state index in [-0.39, 0.29) is 30.4 Å². The quantitative estimate of drug-likeness (QED) is 0.0713. The monoisotopic (exact) mass is 558 g/mol.